The van der Waals surface area contributed by atoms with E-state index in [9.17, 15) is 13.2 Å². The molecule has 1 aliphatic rings. The van der Waals surface area contributed by atoms with Crippen LogP contribution in [0, 0.1) is 0 Å². The van der Waals surface area contributed by atoms with Gasteiger partial charge in [0.25, 0.3) is 5.91 Å². The lowest BCUT2D eigenvalue weighted by Crippen LogP contribution is -2.29. The maximum atomic E-state index is 13.0. The van der Waals surface area contributed by atoms with E-state index < -0.39 is 10.0 Å². The first-order valence-electron chi connectivity index (χ1n) is 9.85. The SMILES string of the molecule is CN(C)S(=O)(=O)c1ccc(C(=O)N[C@H](c2ccc3c(c2)CCC3)c2cccs2)cc1. The van der Waals surface area contributed by atoms with E-state index in [-0.39, 0.29) is 16.8 Å². The van der Waals surface area contributed by atoms with Gasteiger partial charge in [-0.1, -0.05) is 24.3 Å². The van der Waals surface area contributed by atoms with E-state index in [0.29, 0.717) is 5.56 Å². The largest absolute Gasteiger partial charge is 0.340 e. The lowest BCUT2D eigenvalue weighted by atomic mass is 9.99. The highest BCUT2D eigenvalue weighted by Gasteiger charge is 2.22. The minimum atomic E-state index is -3.52. The van der Waals surface area contributed by atoms with Gasteiger partial charge in [-0.05, 0) is 71.7 Å². The van der Waals surface area contributed by atoms with E-state index >= 15 is 0 Å². The molecular formula is C23H24N2O3S2. The average Bonchev–Trinajstić information content (AvgIpc) is 3.43. The van der Waals surface area contributed by atoms with Crippen LogP contribution < -0.4 is 5.32 Å². The first-order valence-corrected chi connectivity index (χ1v) is 12.2. The standard InChI is InChI=1S/C23H24N2O3S2/c1-25(2)30(27,28)20-12-10-17(11-13-20)23(26)24-22(21-7-4-14-29-21)19-9-8-16-5-3-6-18(16)15-19/h4,7-15,22H,3,5-6H2,1-2H3,(H,24,26)/t22-/m1/s1. The topological polar surface area (TPSA) is 66.5 Å². The molecule has 0 aliphatic heterocycles. The maximum Gasteiger partial charge on any atom is 0.252 e. The Labute approximate surface area is 181 Å². The number of carbonyl (C=O) groups is 1. The molecule has 4 rings (SSSR count). The lowest BCUT2D eigenvalue weighted by Gasteiger charge is -2.19. The van der Waals surface area contributed by atoms with Crippen molar-refractivity contribution in [3.63, 3.8) is 0 Å². The molecule has 0 unspecified atom stereocenters. The number of nitrogens with one attached hydrogen (secondary N) is 1. The van der Waals surface area contributed by atoms with Gasteiger partial charge in [0.1, 0.15) is 0 Å². The number of aryl methyl sites for hydroxylation is 2. The van der Waals surface area contributed by atoms with Crippen LogP contribution in [0.25, 0.3) is 0 Å². The lowest BCUT2D eigenvalue weighted by molar-refractivity contribution is 0.0943. The quantitative estimate of drug-likeness (QED) is 0.630. The number of sulfonamides is 1. The highest BCUT2D eigenvalue weighted by atomic mass is 32.2. The molecule has 1 amide bonds. The van der Waals surface area contributed by atoms with E-state index in [1.165, 1.54) is 43.8 Å². The molecule has 0 fully saturated rings. The highest BCUT2D eigenvalue weighted by molar-refractivity contribution is 7.89. The monoisotopic (exact) mass is 440 g/mol. The summed E-state index contributed by atoms with van der Waals surface area (Å²) in [6, 6.07) is 16.3. The van der Waals surface area contributed by atoms with Crippen molar-refractivity contribution < 1.29 is 13.2 Å². The zero-order valence-corrected chi connectivity index (χ0v) is 18.6. The van der Waals surface area contributed by atoms with Crippen LogP contribution >= 0.6 is 11.3 Å². The van der Waals surface area contributed by atoms with E-state index in [1.54, 1.807) is 23.5 Å². The van der Waals surface area contributed by atoms with Crippen LogP contribution in [0.5, 0.6) is 0 Å². The molecule has 1 aliphatic carbocycles. The molecule has 0 spiro atoms. The van der Waals surface area contributed by atoms with Crippen molar-refractivity contribution in [2.45, 2.75) is 30.2 Å². The number of carbonyl (C=O) groups excluding carboxylic acids is 1. The number of rotatable bonds is 6. The van der Waals surface area contributed by atoms with Crippen LogP contribution in [0.4, 0.5) is 0 Å². The van der Waals surface area contributed by atoms with E-state index in [4.69, 9.17) is 0 Å². The van der Waals surface area contributed by atoms with Crippen LogP contribution in [0.15, 0.2) is 64.9 Å². The molecule has 0 bridgehead atoms. The molecule has 7 heteroatoms. The summed E-state index contributed by atoms with van der Waals surface area (Å²) in [5.74, 6) is -0.234. The summed E-state index contributed by atoms with van der Waals surface area (Å²) in [6.07, 6.45) is 3.38. The highest BCUT2D eigenvalue weighted by Crippen LogP contribution is 2.31. The summed E-state index contributed by atoms with van der Waals surface area (Å²) in [5.41, 5.74) is 4.25. The Morgan fingerprint density at radius 1 is 1.03 bits per heavy atom. The van der Waals surface area contributed by atoms with Crippen molar-refractivity contribution in [2.24, 2.45) is 0 Å². The first kappa shape index (κ1) is 20.8. The molecule has 1 N–H and O–H groups in total. The van der Waals surface area contributed by atoms with Gasteiger partial charge in [0.15, 0.2) is 0 Å². The molecule has 1 heterocycles. The maximum absolute atomic E-state index is 13.0. The Kier molecular flexibility index (Phi) is 5.77. The van der Waals surface area contributed by atoms with Crippen LogP contribution in [-0.4, -0.2) is 32.7 Å². The van der Waals surface area contributed by atoms with Gasteiger partial charge in [-0.2, -0.15) is 0 Å². The van der Waals surface area contributed by atoms with Crippen molar-refractivity contribution in [2.75, 3.05) is 14.1 Å². The average molecular weight is 441 g/mol. The summed E-state index contributed by atoms with van der Waals surface area (Å²) in [6.45, 7) is 0. The predicted molar refractivity (Wildman–Crippen MR) is 119 cm³/mol. The Bertz CT molecular complexity index is 1150. The third kappa shape index (κ3) is 4.05. The number of amides is 1. The molecular weight excluding hydrogens is 416 g/mol. The molecule has 1 atom stereocenters. The fourth-order valence-electron chi connectivity index (χ4n) is 3.75. The number of thiophene rings is 1. The molecule has 0 saturated carbocycles. The van der Waals surface area contributed by atoms with Gasteiger partial charge in [0.2, 0.25) is 10.0 Å². The number of benzene rings is 2. The summed E-state index contributed by atoms with van der Waals surface area (Å²) in [5, 5.41) is 5.14. The summed E-state index contributed by atoms with van der Waals surface area (Å²) < 4.78 is 25.7. The zero-order valence-electron chi connectivity index (χ0n) is 17.0. The van der Waals surface area contributed by atoms with Crippen molar-refractivity contribution >= 4 is 27.3 Å². The fourth-order valence-corrected chi connectivity index (χ4v) is 5.45. The third-order valence-electron chi connectivity index (χ3n) is 5.45. The number of hydrogen-bond donors (Lipinski definition) is 1. The predicted octanol–water partition coefficient (Wildman–Crippen LogP) is 4.01. The summed E-state index contributed by atoms with van der Waals surface area (Å²) in [4.78, 5) is 14.2. The normalized spacial score (nSPS) is 14.5. The first-order chi connectivity index (χ1) is 14.4. The Morgan fingerprint density at radius 3 is 2.43 bits per heavy atom. The van der Waals surface area contributed by atoms with Crippen molar-refractivity contribution in [3.05, 3.63) is 87.1 Å². The molecule has 3 aromatic rings. The number of hydrogen-bond acceptors (Lipinski definition) is 4. The van der Waals surface area contributed by atoms with Gasteiger partial charge in [-0.15, -0.1) is 11.3 Å². The smallest absolute Gasteiger partial charge is 0.252 e. The van der Waals surface area contributed by atoms with Crippen molar-refractivity contribution in [3.8, 4) is 0 Å². The van der Waals surface area contributed by atoms with Gasteiger partial charge < -0.3 is 5.32 Å². The second-order valence-electron chi connectivity index (χ2n) is 7.62. The molecule has 5 nitrogen and oxygen atoms in total. The van der Waals surface area contributed by atoms with Gasteiger partial charge in [0.05, 0.1) is 10.9 Å². The molecule has 30 heavy (non-hydrogen) atoms. The van der Waals surface area contributed by atoms with Crippen molar-refractivity contribution in [1.82, 2.24) is 9.62 Å². The van der Waals surface area contributed by atoms with Crippen LogP contribution in [0.3, 0.4) is 0 Å². The number of fused-ring (bicyclic) bond motifs is 1. The Hall–Kier alpha value is -2.48. The van der Waals surface area contributed by atoms with Gasteiger partial charge in [0, 0.05) is 24.5 Å². The van der Waals surface area contributed by atoms with Crippen molar-refractivity contribution in [1.29, 1.82) is 0 Å². The number of nitrogens with zero attached hydrogens (tertiary/aromatic N) is 1. The molecule has 0 radical (unpaired) electrons. The molecule has 0 saturated heterocycles. The molecule has 2 aromatic carbocycles. The van der Waals surface area contributed by atoms with Gasteiger partial charge in [-0.25, -0.2) is 12.7 Å². The summed E-state index contributed by atoms with van der Waals surface area (Å²) in [7, 11) is -0.555. The minimum Gasteiger partial charge on any atom is -0.340 e. The van der Waals surface area contributed by atoms with E-state index in [1.807, 2.05) is 17.5 Å². The van der Waals surface area contributed by atoms with E-state index in [2.05, 4.69) is 23.5 Å². The van der Waals surface area contributed by atoms with Crippen LogP contribution in [0.2, 0.25) is 0 Å². The van der Waals surface area contributed by atoms with Crippen LogP contribution in [0.1, 0.15) is 44.4 Å². The second kappa shape index (κ2) is 8.34. The molecule has 1 aromatic heterocycles. The molecule has 156 valence electrons. The van der Waals surface area contributed by atoms with E-state index in [0.717, 1.165) is 27.6 Å². The minimum absolute atomic E-state index is 0.164. The Balaban J connectivity index is 1.60. The van der Waals surface area contributed by atoms with Gasteiger partial charge in [-0.3, -0.25) is 4.79 Å². The fraction of sp³-hybridized carbons (Fsp3) is 0.261. The van der Waals surface area contributed by atoms with Crippen LogP contribution in [-0.2, 0) is 22.9 Å². The second-order valence-corrected chi connectivity index (χ2v) is 10.7. The summed E-state index contributed by atoms with van der Waals surface area (Å²) >= 11 is 1.61. The Morgan fingerprint density at radius 2 is 1.77 bits per heavy atom. The zero-order chi connectivity index (χ0) is 21.3. The third-order valence-corrected chi connectivity index (χ3v) is 8.22. The van der Waals surface area contributed by atoms with Gasteiger partial charge >= 0.3 is 0 Å².